The van der Waals surface area contributed by atoms with Gasteiger partial charge in [0.1, 0.15) is 0 Å². The van der Waals surface area contributed by atoms with Crippen LogP contribution >= 0.6 is 0 Å². The predicted molar refractivity (Wildman–Crippen MR) is 64.8 cm³/mol. The predicted octanol–water partition coefficient (Wildman–Crippen LogP) is 2.24. The van der Waals surface area contributed by atoms with Gasteiger partial charge in [0.25, 0.3) is 0 Å². The molecule has 2 rings (SSSR count). The minimum absolute atomic E-state index is 0.440. The Kier molecular flexibility index (Phi) is 4.04. The molecule has 0 spiro atoms. The largest absolute Gasteiger partial charge is 0.327 e. The average Bonchev–Trinajstić information content (AvgIpc) is 2.11. The number of hydrogen-bond acceptors (Lipinski definition) is 2. The molecular formula is C13H26N2. The minimum Gasteiger partial charge on any atom is -0.327 e. The number of nitrogens with two attached hydrogens (primary N) is 1. The van der Waals surface area contributed by atoms with Crippen LogP contribution in [0.5, 0.6) is 0 Å². The van der Waals surface area contributed by atoms with Gasteiger partial charge in [0.15, 0.2) is 0 Å². The normalized spacial score (nSPS) is 34.0. The lowest BCUT2D eigenvalue weighted by Gasteiger charge is -2.40. The number of hydrogen-bond donors (Lipinski definition) is 1. The fraction of sp³-hybridized carbons (Fsp3) is 1.00. The Balaban J connectivity index is 1.77. The van der Waals surface area contributed by atoms with Crippen molar-refractivity contribution in [2.75, 3.05) is 19.6 Å². The summed E-state index contributed by atoms with van der Waals surface area (Å²) in [6.07, 6.45) is 8.33. The molecule has 2 fully saturated rings. The van der Waals surface area contributed by atoms with Crippen molar-refractivity contribution in [3.63, 3.8) is 0 Å². The molecule has 1 aliphatic carbocycles. The average molecular weight is 210 g/mol. The highest BCUT2D eigenvalue weighted by atomic mass is 15.2. The van der Waals surface area contributed by atoms with Crippen LogP contribution < -0.4 is 5.73 Å². The molecule has 1 saturated carbocycles. The van der Waals surface area contributed by atoms with E-state index in [9.17, 15) is 0 Å². The molecule has 1 aliphatic heterocycles. The van der Waals surface area contributed by atoms with Crippen LogP contribution in [0.25, 0.3) is 0 Å². The first-order chi connectivity index (χ1) is 7.28. The van der Waals surface area contributed by atoms with E-state index >= 15 is 0 Å². The van der Waals surface area contributed by atoms with Crippen LogP contribution in [0, 0.1) is 11.8 Å². The van der Waals surface area contributed by atoms with Crippen molar-refractivity contribution < 1.29 is 0 Å². The smallest absolute Gasteiger partial charge is 0.0170 e. The Morgan fingerprint density at radius 3 is 2.60 bits per heavy atom. The Bertz CT molecular complexity index is 189. The maximum Gasteiger partial charge on any atom is 0.0170 e. The number of nitrogens with zero attached hydrogens (tertiary/aromatic N) is 1. The van der Waals surface area contributed by atoms with Crippen molar-refractivity contribution in [2.45, 2.75) is 51.5 Å². The van der Waals surface area contributed by atoms with E-state index in [-0.39, 0.29) is 0 Å². The lowest BCUT2D eigenvalue weighted by Crippen LogP contribution is -2.49. The van der Waals surface area contributed by atoms with E-state index in [4.69, 9.17) is 5.73 Å². The Morgan fingerprint density at radius 2 is 2.00 bits per heavy atom. The zero-order valence-electron chi connectivity index (χ0n) is 10.1. The highest BCUT2D eigenvalue weighted by Crippen LogP contribution is 2.29. The molecule has 0 aromatic heterocycles. The van der Waals surface area contributed by atoms with Crippen molar-refractivity contribution in [3.05, 3.63) is 0 Å². The molecule has 0 aromatic rings. The van der Waals surface area contributed by atoms with Crippen molar-refractivity contribution >= 4 is 0 Å². The van der Waals surface area contributed by atoms with E-state index in [1.807, 2.05) is 0 Å². The third kappa shape index (κ3) is 3.18. The first kappa shape index (κ1) is 11.4. The van der Waals surface area contributed by atoms with Crippen LogP contribution in [-0.2, 0) is 0 Å². The summed E-state index contributed by atoms with van der Waals surface area (Å²) >= 11 is 0. The van der Waals surface area contributed by atoms with Gasteiger partial charge in [-0.3, -0.25) is 0 Å². The van der Waals surface area contributed by atoms with Crippen LogP contribution in [0.1, 0.15) is 45.4 Å². The summed E-state index contributed by atoms with van der Waals surface area (Å²) in [5, 5.41) is 0. The quantitative estimate of drug-likeness (QED) is 0.771. The molecule has 2 nitrogen and oxygen atoms in total. The van der Waals surface area contributed by atoms with Gasteiger partial charge in [-0.1, -0.05) is 19.8 Å². The standard InChI is InChI=1S/C13H26N2/c1-2-4-12-7-13(14)10-15(9-12)8-11-5-3-6-11/h11-13H,2-10,14H2,1H3. The molecule has 2 atom stereocenters. The van der Waals surface area contributed by atoms with Gasteiger partial charge in [-0.05, 0) is 37.5 Å². The third-order valence-corrected chi connectivity index (χ3v) is 4.08. The SMILES string of the molecule is CCCC1CC(N)CN(CC2CCC2)C1. The van der Waals surface area contributed by atoms with E-state index in [1.165, 1.54) is 51.6 Å². The Hall–Kier alpha value is -0.0800. The number of rotatable bonds is 4. The summed E-state index contributed by atoms with van der Waals surface area (Å²) in [7, 11) is 0. The highest BCUT2D eigenvalue weighted by molar-refractivity contribution is 4.83. The van der Waals surface area contributed by atoms with Crippen molar-refractivity contribution in [2.24, 2.45) is 17.6 Å². The number of likely N-dealkylation sites (tertiary alicyclic amines) is 1. The van der Waals surface area contributed by atoms with Gasteiger partial charge in [0, 0.05) is 25.7 Å². The fourth-order valence-electron chi connectivity index (χ4n) is 3.16. The van der Waals surface area contributed by atoms with E-state index in [0.29, 0.717) is 6.04 Å². The zero-order chi connectivity index (χ0) is 10.7. The molecule has 2 N–H and O–H groups in total. The van der Waals surface area contributed by atoms with Gasteiger partial charge >= 0.3 is 0 Å². The molecule has 0 amide bonds. The molecule has 2 unspecified atom stereocenters. The molecule has 2 heteroatoms. The maximum absolute atomic E-state index is 6.14. The molecule has 15 heavy (non-hydrogen) atoms. The zero-order valence-corrected chi connectivity index (χ0v) is 10.1. The summed E-state index contributed by atoms with van der Waals surface area (Å²) in [6, 6.07) is 0.440. The van der Waals surface area contributed by atoms with E-state index < -0.39 is 0 Å². The molecule has 88 valence electrons. The second kappa shape index (κ2) is 5.31. The second-order valence-electron chi connectivity index (χ2n) is 5.67. The molecule has 1 saturated heterocycles. The van der Waals surface area contributed by atoms with Crippen molar-refractivity contribution in [3.8, 4) is 0 Å². The fourth-order valence-corrected chi connectivity index (χ4v) is 3.16. The van der Waals surface area contributed by atoms with Gasteiger partial charge < -0.3 is 10.6 Å². The summed E-state index contributed by atoms with van der Waals surface area (Å²) in [5.74, 6) is 1.87. The lowest BCUT2D eigenvalue weighted by molar-refractivity contribution is 0.109. The van der Waals surface area contributed by atoms with Gasteiger partial charge in [-0.2, -0.15) is 0 Å². The van der Waals surface area contributed by atoms with E-state index in [0.717, 1.165) is 18.4 Å². The summed E-state index contributed by atoms with van der Waals surface area (Å²) in [4.78, 5) is 2.64. The van der Waals surface area contributed by atoms with Crippen LogP contribution in [0.15, 0.2) is 0 Å². The molecule has 1 heterocycles. The maximum atomic E-state index is 6.14. The molecular weight excluding hydrogens is 184 g/mol. The minimum atomic E-state index is 0.440. The molecule has 0 aromatic carbocycles. The van der Waals surface area contributed by atoms with E-state index in [1.54, 1.807) is 0 Å². The summed E-state index contributed by atoms with van der Waals surface area (Å²) in [5.41, 5.74) is 6.14. The van der Waals surface area contributed by atoms with Crippen LogP contribution in [0.3, 0.4) is 0 Å². The summed E-state index contributed by atoms with van der Waals surface area (Å²) in [6.45, 7) is 6.08. The number of piperidine rings is 1. The first-order valence-electron chi connectivity index (χ1n) is 6.76. The first-order valence-corrected chi connectivity index (χ1v) is 6.76. The van der Waals surface area contributed by atoms with Gasteiger partial charge in [-0.15, -0.1) is 0 Å². The lowest BCUT2D eigenvalue weighted by atomic mass is 9.83. The van der Waals surface area contributed by atoms with Crippen molar-refractivity contribution in [1.82, 2.24) is 4.90 Å². The molecule has 0 radical (unpaired) electrons. The molecule has 2 aliphatic rings. The van der Waals surface area contributed by atoms with Gasteiger partial charge in [-0.25, -0.2) is 0 Å². The highest BCUT2D eigenvalue weighted by Gasteiger charge is 2.27. The second-order valence-corrected chi connectivity index (χ2v) is 5.67. The van der Waals surface area contributed by atoms with Crippen molar-refractivity contribution in [1.29, 1.82) is 0 Å². The van der Waals surface area contributed by atoms with Crippen LogP contribution in [-0.4, -0.2) is 30.6 Å². The van der Waals surface area contributed by atoms with Gasteiger partial charge in [0.05, 0.1) is 0 Å². The Labute approximate surface area is 94.2 Å². The summed E-state index contributed by atoms with van der Waals surface area (Å²) < 4.78 is 0. The van der Waals surface area contributed by atoms with E-state index in [2.05, 4.69) is 11.8 Å². The van der Waals surface area contributed by atoms with Crippen LogP contribution in [0.2, 0.25) is 0 Å². The third-order valence-electron chi connectivity index (χ3n) is 4.08. The monoisotopic (exact) mass is 210 g/mol. The van der Waals surface area contributed by atoms with Gasteiger partial charge in [0.2, 0.25) is 0 Å². The topological polar surface area (TPSA) is 29.3 Å². The Morgan fingerprint density at radius 1 is 1.20 bits per heavy atom. The molecule has 0 bridgehead atoms. The van der Waals surface area contributed by atoms with Crippen LogP contribution in [0.4, 0.5) is 0 Å².